The minimum absolute atomic E-state index is 0.177. The van der Waals surface area contributed by atoms with Gasteiger partial charge in [0.25, 0.3) is 0 Å². The van der Waals surface area contributed by atoms with Gasteiger partial charge in [-0.2, -0.15) is 0 Å². The van der Waals surface area contributed by atoms with Gasteiger partial charge in [-0.1, -0.05) is 0 Å². The van der Waals surface area contributed by atoms with E-state index in [1.165, 1.54) is 0 Å². The SMILES string of the molecule is OCC1O[C@@H](O[C@@H]2C(O)[C@H](O[C@@H]3C(O)[C@H](O)OC(CO)[C@H]3O)CC(CO)[C@H]2O)C(O)[C@@H](O)[C@@H]1O. The van der Waals surface area contributed by atoms with Crippen molar-refractivity contribution < 1.29 is 75.1 Å². The van der Waals surface area contributed by atoms with E-state index in [1.54, 1.807) is 0 Å². The van der Waals surface area contributed by atoms with Gasteiger partial charge < -0.3 is 75.1 Å². The standard InChI is InChI=1S/C19H34O15/c20-2-5-1-6(31-17-12(26)8(4-22)32-18(30)15(17)29)11(25)16(9(5)23)34-19-14(28)13(27)10(24)7(3-21)33-19/h5-30H,1-4H2/t5?,6-,7?,8?,9-,10-,11?,12-,13+,14?,15?,16+,17+,18-,19+/m1/s1. The molecule has 3 aliphatic rings. The summed E-state index contributed by atoms with van der Waals surface area (Å²) in [6.07, 6.45) is -22.6. The maximum Gasteiger partial charge on any atom is 0.187 e. The van der Waals surface area contributed by atoms with Gasteiger partial charge in [-0.15, -0.1) is 0 Å². The molecule has 0 bridgehead atoms. The first-order chi connectivity index (χ1) is 16.0. The van der Waals surface area contributed by atoms with Gasteiger partial charge >= 0.3 is 0 Å². The highest BCUT2D eigenvalue weighted by molar-refractivity contribution is 4.98. The third-order valence-electron chi connectivity index (χ3n) is 6.62. The Bertz CT molecular complexity index is 639. The fraction of sp³-hybridized carbons (Fsp3) is 1.00. The van der Waals surface area contributed by atoms with E-state index in [0.29, 0.717) is 0 Å². The van der Waals surface area contributed by atoms with Crippen LogP contribution < -0.4 is 0 Å². The van der Waals surface area contributed by atoms with Crippen LogP contribution in [0.15, 0.2) is 0 Å². The molecule has 1 saturated carbocycles. The maximum absolute atomic E-state index is 10.9. The Morgan fingerprint density at radius 1 is 0.559 bits per heavy atom. The number of aliphatic hydroxyl groups is 11. The minimum Gasteiger partial charge on any atom is -0.396 e. The van der Waals surface area contributed by atoms with Crippen LogP contribution in [0, 0.1) is 5.92 Å². The lowest BCUT2D eigenvalue weighted by molar-refractivity contribution is -0.341. The average molecular weight is 502 g/mol. The first kappa shape index (κ1) is 28.0. The van der Waals surface area contributed by atoms with Crippen LogP contribution >= 0.6 is 0 Å². The second-order valence-electron chi connectivity index (χ2n) is 8.83. The van der Waals surface area contributed by atoms with Gasteiger partial charge in [0.15, 0.2) is 12.6 Å². The van der Waals surface area contributed by atoms with Crippen molar-refractivity contribution in [2.24, 2.45) is 5.92 Å². The summed E-state index contributed by atoms with van der Waals surface area (Å²) < 4.78 is 21.3. The van der Waals surface area contributed by atoms with Gasteiger partial charge in [-0.25, -0.2) is 0 Å². The Balaban J connectivity index is 1.78. The molecule has 0 spiro atoms. The third kappa shape index (κ3) is 5.39. The highest BCUT2D eigenvalue weighted by atomic mass is 16.7. The van der Waals surface area contributed by atoms with Crippen LogP contribution in [0.5, 0.6) is 0 Å². The summed E-state index contributed by atoms with van der Waals surface area (Å²) in [4.78, 5) is 0. The molecular formula is C19H34O15. The average Bonchev–Trinajstić information content (AvgIpc) is 2.82. The Morgan fingerprint density at radius 2 is 1.15 bits per heavy atom. The molecule has 34 heavy (non-hydrogen) atoms. The van der Waals surface area contributed by atoms with Crippen molar-refractivity contribution in [2.45, 2.75) is 92.2 Å². The Morgan fingerprint density at radius 3 is 1.74 bits per heavy atom. The van der Waals surface area contributed by atoms with Crippen molar-refractivity contribution in [1.29, 1.82) is 0 Å². The Labute approximate surface area is 193 Å². The van der Waals surface area contributed by atoms with Crippen LogP contribution in [-0.4, -0.2) is 162 Å². The highest BCUT2D eigenvalue weighted by Crippen LogP contribution is 2.35. The molecule has 0 aromatic carbocycles. The molecule has 6 unspecified atom stereocenters. The highest BCUT2D eigenvalue weighted by Gasteiger charge is 2.52. The number of ether oxygens (including phenoxy) is 4. The Kier molecular flexibility index (Phi) is 9.57. The lowest BCUT2D eigenvalue weighted by Crippen LogP contribution is -2.65. The van der Waals surface area contributed by atoms with Crippen molar-refractivity contribution in [3.05, 3.63) is 0 Å². The Hall–Kier alpha value is -0.600. The predicted molar refractivity (Wildman–Crippen MR) is 104 cm³/mol. The van der Waals surface area contributed by atoms with Crippen LogP contribution in [-0.2, 0) is 18.9 Å². The summed E-state index contributed by atoms with van der Waals surface area (Å²) in [5.41, 5.74) is 0. The van der Waals surface area contributed by atoms with Crippen molar-refractivity contribution in [3.8, 4) is 0 Å². The normalized spacial score (nSPS) is 52.5. The monoisotopic (exact) mass is 502 g/mol. The van der Waals surface area contributed by atoms with Gasteiger partial charge in [0.1, 0.15) is 61.0 Å². The lowest BCUT2D eigenvalue weighted by Gasteiger charge is -2.48. The van der Waals surface area contributed by atoms with Crippen LogP contribution in [0.25, 0.3) is 0 Å². The van der Waals surface area contributed by atoms with Crippen molar-refractivity contribution in [1.82, 2.24) is 0 Å². The summed E-state index contributed by atoms with van der Waals surface area (Å²) in [6.45, 7) is -2.04. The molecule has 11 N–H and O–H groups in total. The molecular weight excluding hydrogens is 468 g/mol. The molecule has 0 amide bonds. The fourth-order valence-electron chi connectivity index (χ4n) is 4.50. The molecule has 2 heterocycles. The molecule has 2 aliphatic heterocycles. The maximum atomic E-state index is 10.9. The zero-order valence-electron chi connectivity index (χ0n) is 18.0. The summed E-state index contributed by atoms with van der Waals surface area (Å²) in [6, 6.07) is 0. The van der Waals surface area contributed by atoms with Gasteiger partial charge in [-0.05, 0) is 6.42 Å². The minimum atomic E-state index is -1.83. The molecule has 3 fully saturated rings. The molecule has 0 aromatic heterocycles. The second-order valence-corrected chi connectivity index (χ2v) is 8.83. The summed E-state index contributed by atoms with van der Waals surface area (Å²) in [7, 11) is 0. The van der Waals surface area contributed by atoms with Crippen molar-refractivity contribution in [2.75, 3.05) is 19.8 Å². The van der Waals surface area contributed by atoms with Crippen molar-refractivity contribution >= 4 is 0 Å². The van der Waals surface area contributed by atoms with E-state index in [-0.39, 0.29) is 6.42 Å². The largest absolute Gasteiger partial charge is 0.396 e. The van der Waals surface area contributed by atoms with Gasteiger partial charge in [0, 0.05) is 12.5 Å². The van der Waals surface area contributed by atoms with E-state index in [4.69, 9.17) is 18.9 Å². The van der Waals surface area contributed by atoms with E-state index in [1.807, 2.05) is 0 Å². The van der Waals surface area contributed by atoms with Crippen LogP contribution in [0.2, 0.25) is 0 Å². The van der Waals surface area contributed by atoms with Crippen LogP contribution in [0.1, 0.15) is 6.42 Å². The summed E-state index contributed by atoms with van der Waals surface area (Å²) in [5.74, 6) is -0.948. The number of rotatable bonds is 7. The van der Waals surface area contributed by atoms with E-state index in [9.17, 15) is 56.2 Å². The van der Waals surface area contributed by atoms with E-state index in [2.05, 4.69) is 0 Å². The molecule has 200 valence electrons. The molecule has 3 rings (SSSR count). The second kappa shape index (κ2) is 11.6. The van der Waals surface area contributed by atoms with E-state index < -0.39 is 112 Å². The molecule has 15 atom stereocenters. The summed E-state index contributed by atoms with van der Waals surface area (Å²) >= 11 is 0. The zero-order valence-corrected chi connectivity index (χ0v) is 18.0. The van der Waals surface area contributed by atoms with Crippen molar-refractivity contribution in [3.63, 3.8) is 0 Å². The first-order valence-electron chi connectivity index (χ1n) is 10.9. The molecule has 0 aromatic rings. The van der Waals surface area contributed by atoms with E-state index in [0.717, 1.165) is 0 Å². The third-order valence-corrected chi connectivity index (χ3v) is 6.62. The van der Waals surface area contributed by atoms with Gasteiger partial charge in [0.05, 0.1) is 25.4 Å². The molecule has 15 heteroatoms. The zero-order chi connectivity index (χ0) is 25.3. The smallest absolute Gasteiger partial charge is 0.187 e. The predicted octanol–water partition coefficient (Wildman–Crippen LogP) is -6.91. The quantitative estimate of drug-likeness (QED) is 0.154. The number of hydrogen-bond donors (Lipinski definition) is 11. The van der Waals surface area contributed by atoms with Crippen LogP contribution in [0.3, 0.4) is 0 Å². The number of hydrogen-bond acceptors (Lipinski definition) is 15. The summed E-state index contributed by atoms with van der Waals surface area (Å²) in [5, 5.41) is 110. The fourth-order valence-corrected chi connectivity index (χ4v) is 4.50. The topological polar surface area (TPSA) is 259 Å². The molecule has 15 nitrogen and oxygen atoms in total. The molecule has 1 aliphatic carbocycles. The van der Waals surface area contributed by atoms with Gasteiger partial charge in [0.2, 0.25) is 0 Å². The molecule has 0 radical (unpaired) electrons. The molecule has 2 saturated heterocycles. The van der Waals surface area contributed by atoms with Crippen LogP contribution in [0.4, 0.5) is 0 Å². The first-order valence-corrected chi connectivity index (χ1v) is 10.9. The van der Waals surface area contributed by atoms with E-state index >= 15 is 0 Å². The van der Waals surface area contributed by atoms with Gasteiger partial charge in [-0.3, -0.25) is 0 Å². The lowest BCUT2D eigenvalue weighted by atomic mass is 9.80. The number of aliphatic hydroxyl groups excluding tert-OH is 11.